The number of hydrogen-bond acceptors (Lipinski definition) is 5. The maximum Gasteiger partial charge on any atom is 0.319 e. The maximum absolute atomic E-state index is 13.9. The molecule has 0 saturated carbocycles. The van der Waals surface area contributed by atoms with Crippen LogP contribution in [-0.4, -0.2) is 24.7 Å². The molecule has 4 unspecified atom stereocenters. The summed E-state index contributed by atoms with van der Waals surface area (Å²) in [7, 11) is 1.63. The van der Waals surface area contributed by atoms with E-state index in [1.54, 1.807) is 7.11 Å². The molecule has 4 aromatic rings. The average Bonchev–Trinajstić information content (AvgIpc) is 2.97. The van der Waals surface area contributed by atoms with E-state index in [9.17, 15) is 9.59 Å². The Morgan fingerprint density at radius 1 is 0.872 bits per heavy atom. The molecule has 39 heavy (non-hydrogen) atoms. The van der Waals surface area contributed by atoms with Gasteiger partial charge in [0.25, 0.3) is 0 Å². The first-order chi connectivity index (χ1) is 19.0. The van der Waals surface area contributed by atoms with Gasteiger partial charge < -0.3 is 9.47 Å². The number of hydrazone groups is 1. The van der Waals surface area contributed by atoms with Crippen molar-refractivity contribution in [1.29, 1.82) is 0 Å². The van der Waals surface area contributed by atoms with Crippen LogP contribution >= 0.6 is 0 Å². The smallest absolute Gasteiger partial charge is 0.319 e. The van der Waals surface area contributed by atoms with Crippen LogP contribution in [0.3, 0.4) is 0 Å². The summed E-state index contributed by atoms with van der Waals surface area (Å²) in [5.41, 5.74) is 8.18. The summed E-state index contributed by atoms with van der Waals surface area (Å²) in [6.07, 6.45) is 2.10. The van der Waals surface area contributed by atoms with Crippen molar-refractivity contribution in [2.24, 2.45) is 22.9 Å². The Kier molecular flexibility index (Phi) is 5.37. The van der Waals surface area contributed by atoms with Gasteiger partial charge in [0.1, 0.15) is 11.5 Å². The molecule has 3 aliphatic rings. The van der Waals surface area contributed by atoms with Crippen LogP contribution in [0.15, 0.2) is 96.1 Å². The van der Waals surface area contributed by atoms with Crippen molar-refractivity contribution in [3.05, 3.63) is 113 Å². The van der Waals surface area contributed by atoms with E-state index in [2.05, 4.69) is 22.7 Å². The van der Waals surface area contributed by atoms with E-state index in [0.29, 0.717) is 11.5 Å². The Hall–Kier alpha value is -4.71. The van der Waals surface area contributed by atoms with Gasteiger partial charge in [-0.2, -0.15) is 5.10 Å². The van der Waals surface area contributed by atoms with Crippen LogP contribution in [0.2, 0.25) is 0 Å². The summed E-state index contributed by atoms with van der Waals surface area (Å²) in [5, 5.41) is 6.43. The number of hydrogen-bond donors (Lipinski definition) is 1. The highest BCUT2D eigenvalue weighted by Gasteiger charge is 2.54. The molecule has 4 atom stereocenters. The number of esters is 1. The standard InChI is InChI=1S/C33H26N2O4/c1-18-7-9-21(10-8-18)30-29-27(32(36)35-34-30)25(20-11-14-22(38-2)15-12-20)17-26-24-16-13-19-5-3-4-6-23(19)31(24)39-33(37)28(26)29/h3-17,25,27-29H,1-2H3,(H,35,36). The van der Waals surface area contributed by atoms with Crippen LogP contribution in [0, 0.1) is 24.7 Å². The molecule has 1 N–H and O–H groups in total. The van der Waals surface area contributed by atoms with Crippen LogP contribution in [-0.2, 0) is 9.59 Å². The molecule has 4 aromatic carbocycles. The van der Waals surface area contributed by atoms with Crippen molar-refractivity contribution < 1.29 is 19.1 Å². The lowest BCUT2D eigenvalue weighted by Crippen LogP contribution is -2.52. The first kappa shape index (κ1) is 23.4. The van der Waals surface area contributed by atoms with Gasteiger partial charge in [-0.15, -0.1) is 0 Å². The number of carbonyl (C=O) groups is 2. The SMILES string of the molecule is COc1ccc(C2C=C3c4ccc5ccccc5c4OC(=O)C3C3C(c4ccc(C)cc4)=NNC(=O)C23)cc1. The van der Waals surface area contributed by atoms with Crippen LogP contribution in [0.25, 0.3) is 16.3 Å². The topological polar surface area (TPSA) is 77.0 Å². The number of aryl methyl sites for hydroxylation is 1. The zero-order chi connectivity index (χ0) is 26.7. The predicted octanol–water partition coefficient (Wildman–Crippen LogP) is 5.64. The quantitative estimate of drug-likeness (QED) is 0.284. The molecule has 0 bridgehead atoms. The van der Waals surface area contributed by atoms with Gasteiger partial charge in [0, 0.05) is 22.8 Å². The van der Waals surface area contributed by atoms with E-state index < -0.39 is 17.8 Å². The number of allylic oxidation sites excluding steroid dienone is 1. The lowest BCUT2D eigenvalue weighted by Gasteiger charge is -2.45. The van der Waals surface area contributed by atoms with Gasteiger partial charge in [-0.25, -0.2) is 5.43 Å². The molecule has 2 heterocycles. The fourth-order valence-electron chi connectivity index (χ4n) is 6.33. The number of amides is 1. The Morgan fingerprint density at radius 3 is 2.41 bits per heavy atom. The minimum Gasteiger partial charge on any atom is -0.497 e. The van der Waals surface area contributed by atoms with Crippen molar-refractivity contribution in [3.8, 4) is 11.5 Å². The number of rotatable bonds is 3. The summed E-state index contributed by atoms with van der Waals surface area (Å²) in [6.45, 7) is 2.03. The van der Waals surface area contributed by atoms with E-state index >= 15 is 0 Å². The Balaban J connectivity index is 1.47. The Morgan fingerprint density at radius 2 is 1.64 bits per heavy atom. The monoisotopic (exact) mass is 514 g/mol. The van der Waals surface area contributed by atoms with Crippen molar-refractivity contribution in [3.63, 3.8) is 0 Å². The zero-order valence-electron chi connectivity index (χ0n) is 21.5. The highest BCUT2D eigenvalue weighted by Crippen LogP contribution is 2.53. The summed E-state index contributed by atoms with van der Waals surface area (Å²) in [6, 6.07) is 27.8. The predicted molar refractivity (Wildman–Crippen MR) is 150 cm³/mol. The molecule has 6 heteroatoms. The number of nitrogens with one attached hydrogen (secondary N) is 1. The summed E-state index contributed by atoms with van der Waals surface area (Å²) in [4.78, 5) is 27.4. The van der Waals surface area contributed by atoms with Crippen LogP contribution < -0.4 is 14.9 Å². The van der Waals surface area contributed by atoms with E-state index in [-0.39, 0.29) is 17.8 Å². The maximum atomic E-state index is 13.9. The van der Waals surface area contributed by atoms with Gasteiger partial charge in [0.05, 0.1) is 24.7 Å². The van der Waals surface area contributed by atoms with Crippen molar-refractivity contribution in [2.75, 3.05) is 7.11 Å². The van der Waals surface area contributed by atoms with Gasteiger partial charge in [0.15, 0.2) is 0 Å². The van der Waals surface area contributed by atoms with Gasteiger partial charge in [-0.1, -0.05) is 84.4 Å². The normalized spacial score (nSPS) is 23.4. The van der Waals surface area contributed by atoms with Crippen LogP contribution in [0.1, 0.15) is 28.2 Å². The second kappa shape index (κ2) is 8.95. The highest BCUT2D eigenvalue weighted by molar-refractivity contribution is 6.13. The molecule has 192 valence electrons. The second-order valence-corrected chi connectivity index (χ2v) is 10.4. The Labute approximate surface area is 225 Å². The lowest BCUT2D eigenvalue weighted by atomic mass is 9.60. The zero-order valence-corrected chi connectivity index (χ0v) is 21.5. The van der Waals surface area contributed by atoms with E-state index in [0.717, 1.165) is 44.3 Å². The number of benzene rings is 4. The molecule has 0 aromatic heterocycles. The van der Waals surface area contributed by atoms with Gasteiger partial charge in [0.2, 0.25) is 5.91 Å². The van der Waals surface area contributed by atoms with E-state index in [1.165, 1.54) is 0 Å². The second-order valence-electron chi connectivity index (χ2n) is 10.4. The highest BCUT2D eigenvalue weighted by atomic mass is 16.5. The largest absolute Gasteiger partial charge is 0.497 e. The van der Waals surface area contributed by atoms with Crippen LogP contribution in [0.5, 0.6) is 11.5 Å². The number of methoxy groups -OCH3 is 1. The molecule has 0 fully saturated rings. The summed E-state index contributed by atoms with van der Waals surface area (Å²) < 4.78 is 11.5. The van der Waals surface area contributed by atoms with Gasteiger partial charge in [-0.05, 0) is 41.1 Å². The first-order valence-corrected chi connectivity index (χ1v) is 13.1. The van der Waals surface area contributed by atoms with Crippen LogP contribution in [0.4, 0.5) is 0 Å². The molecule has 0 saturated heterocycles. The summed E-state index contributed by atoms with van der Waals surface area (Å²) >= 11 is 0. The molecule has 0 spiro atoms. The third-order valence-electron chi connectivity index (χ3n) is 8.23. The third-order valence-corrected chi connectivity index (χ3v) is 8.23. The van der Waals surface area contributed by atoms with E-state index in [1.807, 2.05) is 85.8 Å². The fourth-order valence-corrected chi connectivity index (χ4v) is 6.33. The molecule has 7 rings (SSSR count). The molecular weight excluding hydrogens is 488 g/mol. The van der Waals surface area contributed by atoms with Crippen molar-refractivity contribution >= 4 is 33.9 Å². The fraction of sp³-hybridized carbons (Fsp3) is 0.182. The minimum atomic E-state index is -0.663. The lowest BCUT2D eigenvalue weighted by molar-refractivity contribution is -0.140. The molecule has 1 amide bonds. The van der Waals surface area contributed by atoms with E-state index in [4.69, 9.17) is 9.47 Å². The number of ether oxygens (including phenoxy) is 2. The number of nitrogens with zero attached hydrogens (tertiary/aromatic N) is 1. The molecule has 1 aliphatic carbocycles. The molecule has 6 nitrogen and oxygen atoms in total. The van der Waals surface area contributed by atoms with Gasteiger partial charge in [-0.3, -0.25) is 9.59 Å². The number of fused-ring (bicyclic) bond motifs is 7. The number of carbonyl (C=O) groups excluding carboxylic acids is 2. The molecular formula is C33H26N2O4. The molecule has 2 aliphatic heterocycles. The van der Waals surface area contributed by atoms with Crippen molar-refractivity contribution in [1.82, 2.24) is 5.43 Å². The first-order valence-electron chi connectivity index (χ1n) is 13.1. The summed E-state index contributed by atoms with van der Waals surface area (Å²) in [5.74, 6) is -1.24. The average molecular weight is 515 g/mol. The molecule has 0 radical (unpaired) electrons. The minimum absolute atomic E-state index is 0.205. The van der Waals surface area contributed by atoms with Gasteiger partial charge >= 0.3 is 5.97 Å². The van der Waals surface area contributed by atoms with Crippen molar-refractivity contribution in [2.45, 2.75) is 12.8 Å². The Bertz CT molecular complexity index is 1700. The third kappa shape index (κ3) is 3.67.